The number of ether oxygens (including phenoxy) is 1. The molecule has 0 bridgehead atoms. The van der Waals surface area contributed by atoms with Crippen LogP contribution in [-0.4, -0.2) is 30.7 Å². The summed E-state index contributed by atoms with van der Waals surface area (Å²) in [6.45, 7) is 8.76. The average Bonchev–Trinajstić information content (AvgIpc) is 1.98. The number of hydrogen-bond donors (Lipinski definition) is 0. The number of amides is 1. The van der Waals surface area contributed by atoms with Crippen LogP contribution >= 0.6 is 0 Å². The Kier molecular flexibility index (Phi) is 5.51. The summed E-state index contributed by atoms with van der Waals surface area (Å²) in [5.41, 5.74) is 0. The first-order valence-electron chi connectivity index (χ1n) is 4.85. The lowest BCUT2D eigenvalue weighted by molar-refractivity contribution is 0.0829. The minimum absolute atomic E-state index is 0.0333. The summed E-state index contributed by atoms with van der Waals surface area (Å²) < 4.78 is 5.03. The molecule has 0 spiro atoms. The summed E-state index contributed by atoms with van der Waals surface area (Å²) in [6, 6.07) is 0. The van der Waals surface area contributed by atoms with Crippen LogP contribution in [0, 0.1) is 5.92 Å². The highest BCUT2D eigenvalue weighted by molar-refractivity contribution is 5.67. The van der Waals surface area contributed by atoms with Crippen LogP contribution in [0.2, 0.25) is 0 Å². The Labute approximate surface area is 81.1 Å². The number of carbonyl (C=O) groups excluding carboxylic acids is 1. The van der Waals surface area contributed by atoms with Crippen LogP contribution in [-0.2, 0) is 4.74 Å². The summed E-state index contributed by atoms with van der Waals surface area (Å²) >= 11 is 0. The molecule has 0 aromatic rings. The van der Waals surface area contributed by atoms with Crippen molar-refractivity contribution in [3.63, 3.8) is 0 Å². The van der Waals surface area contributed by atoms with Crippen LogP contribution in [0.3, 0.4) is 0 Å². The minimum Gasteiger partial charge on any atom is -0.447 e. The van der Waals surface area contributed by atoms with Crippen molar-refractivity contribution < 1.29 is 9.53 Å². The number of hydrogen-bond acceptors (Lipinski definition) is 2. The first-order valence-corrected chi connectivity index (χ1v) is 4.85. The van der Waals surface area contributed by atoms with Gasteiger partial charge in [0.1, 0.15) is 0 Å². The van der Waals surface area contributed by atoms with Gasteiger partial charge in [0.05, 0.1) is 6.10 Å². The Balaban J connectivity index is 3.69. The molecule has 0 unspecified atom stereocenters. The molecule has 0 saturated heterocycles. The van der Waals surface area contributed by atoms with E-state index in [0.717, 1.165) is 13.0 Å². The third-order valence-corrected chi connectivity index (χ3v) is 1.69. The predicted octanol–water partition coefficient (Wildman–Crippen LogP) is 2.51. The smallest absolute Gasteiger partial charge is 0.409 e. The van der Waals surface area contributed by atoms with E-state index in [1.54, 1.807) is 11.9 Å². The van der Waals surface area contributed by atoms with E-state index in [1.165, 1.54) is 0 Å². The first kappa shape index (κ1) is 12.3. The quantitative estimate of drug-likeness (QED) is 0.676. The van der Waals surface area contributed by atoms with Crippen LogP contribution in [0.15, 0.2) is 0 Å². The lowest BCUT2D eigenvalue weighted by atomic mass is 10.1. The van der Waals surface area contributed by atoms with Crippen molar-refractivity contribution in [1.29, 1.82) is 0 Å². The molecule has 0 heterocycles. The van der Waals surface area contributed by atoms with E-state index >= 15 is 0 Å². The molecule has 3 heteroatoms. The second kappa shape index (κ2) is 5.84. The normalized spacial score (nSPS) is 10.7. The summed E-state index contributed by atoms with van der Waals surface area (Å²) in [5, 5.41) is 0. The molecule has 0 aromatic heterocycles. The zero-order chi connectivity index (χ0) is 10.4. The molecular weight excluding hydrogens is 166 g/mol. The zero-order valence-corrected chi connectivity index (χ0v) is 9.33. The van der Waals surface area contributed by atoms with Gasteiger partial charge >= 0.3 is 6.09 Å². The predicted molar refractivity (Wildman–Crippen MR) is 53.7 cm³/mol. The van der Waals surface area contributed by atoms with Gasteiger partial charge in [-0.3, -0.25) is 0 Å². The molecule has 0 aromatic carbocycles. The Morgan fingerprint density at radius 3 is 2.23 bits per heavy atom. The average molecular weight is 187 g/mol. The molecule has 0 aliphatic carbocycles. The van der Waals surface area contributed by atoms with Gasteiger partial charge in [0, 0.05) is 13.6 Å². The van der Waals surface area contributed by atoms with Gasteiger partial charge in [-0.2, -0.15) is 0 Å². The summed E-state index contributed by atoms with van der Waals surface area (Å²) in [4.78, 5) is 12.9. The van der Waals surface area contributed by atoms with Crippen LogP contribution < -0.4 is 0 Å². The SMILES string of the molecule is CC(C)CCN(C)C(=O)OC(C)C. The second-order valence-electron chi connectivity index (χ2n) is 4.04. The second-order valence-corrected chi connectivity index (χ2v) is 4.04. The molecule has 0 N–H and O–H groups in total. The zero-order valence-electron chi connectivity index (χ0n) is 9.33. The van der Waals surface area contributed by atoms with E-state index in [-0.39, 0.29) is 12.2 Å². The number of carbonyl (C=O) groups is 1. The fraction of sp³-hybridized carbons (Fsp3) is 0.900. The van der Waals surface area contributed by atoms with Gasteiger partial charge in [-0.1, -0.05) is 13.8 Å². The highest BCUT2D eigenvalue weighted by Gasteiger charge is 2.11. The largest absolute Gasteiger partial charge is 0.447 e. The minimum atomic E-state index is -0.226. The lowest BCUT2D eigenvalue weighted by Crippen LogP contribution is -2.30. The van der Waals surface area contributed by atoms with Crippen molar-refractivity contribution >= 4 is 6.09 Å². The fourth-order valence-electron chi connectivity index (χ4n) is 0.835. The molecule has 0 aliphatic rings. The molecular formula is C10H21NO2. The summed E-state index contributed by atoms with van der Waals surface area (Å²) in [5.74, 6) is 0.620. The molecule has 0 saturated carbocycles. The summed E-state index contributed by atoms with van der Waals surface area (Å²) in [6.07, 6.45) is 0.758. The Hall–Kier alpha value is -0.730. The molecule has 0 radical (unpaired) electrons. The molecule has 13 heavy (non-hydrogen) atoms. The molecule has 0 fully saturated rings. The van der Waals surface area contributed by atoms with Crippen molar-refractivity contribution in [3.05, 3.63) is 0 Å². The molecule has 3 nitrogen and oxygen atoms in total. The van der Waals surface area contributed by atoms with E-state index in [1.807, 2.05) is 13.8 Å². The number of rotatable bonds is 4. The van der Waals surface area contributed by atoms with Crippen molar-refractivity contribution in [2.75, 3.05) is 13.6 Å². The van der Waals surface area contributed by atoms with E-state index in [0.29, 0.717) is 5.92 Å². The Morgan fingerprint density at radius 2 is 1.85 bits per heavy atom. The van der Waals surface area contributed by atoms with Crippen LogP contribution in [0.1, 0.15) is 34.1 Å². The van der Waals surface area contributed by atoms with Crippen molar-refractivity contribution in [3.8, 4) is 0 Å². The van der Waals surface area contributed by atoms with Crippen LogP contribution in [0.5, 0.6) is 0 Å². The van der Waals surface area contributed by atoms with Gasteiger partial charge in [0.25, 0.3) is 0 Å². The van der Waals surface area contributed by atoms with Crippen molar-refractivity contribution in [2.45, 2.75) is 40.2 Å². The highest BCUT2D eigenvalue weighted by Crippen LogP contribution is 2.02. The maximum atomic E-state index is 11.3. The van der Waals surface area contributed by atoms with E-state index in [2.05, 4.69) is 13.8 Å². The van der Waals surface area contributed by atoms with Crippen LogP contribution in [0.4, 0.5) is 4.79 Å². The van der Waals surface area contributed by atoms with Gasteiger partial charge in [-0.05, 0) is 26.2 Å². The first-order chi connectivity index (χ1) is 5.93. The van der Waals surface area contributed by atoms with Crippen LogP contribution in [0.25, 0.3) is 0 Å². The fourth-order valence-corrected chi connectivity index (χ4v) is 0.835. The molecule has 0 atom stereocenters. The maximum Gasteiger partial charge on any atom is 0.409 e. The lowest BCUT2D eigenvalue weighted by Gasteiger charge is -2.19. The van der Waals surface area contributed by atoms with E-state index < -0.39 is 0 Å². The van der Waals surface area contributed by atoms with Crippen molar-refractivity contribution in [2.24, 2.45) is 5.92 Å². The summed E-state index contributed by atoms with van der Waals surface area (Å²) in [7, 11) is 1.77. The molecule has 0 aliphatic heterocycles. The van der Waals surface area contributed by atoms with Gasteiger partial charge in [-0.25, -0.2) is 4.79 Å². The molecule has 1 amide bonds. The third kappa shape index (κ3) is 6.43. The monoisotopic (exact) mass is 187 g/mol. The van der Waals surface area contributed by atoms with E-state index in [4.69, 9.17) is 4.74 Å². The van der Waals surface area contributed by atoms with Gasteiger partial charge in [0.2, 0.25) is 0 Å². The van der Waals surface area contributed by atoms with Gasteiger partial charge in [-0.15, -0.1) is 0 Å². The molecule has 78 valence electrons. The third-order valence-electron chi connectivity index (χ3n) is 1.69. The standard InChI is InChI=1S/C10H21NO2/c1-8(2)6-7-11(5)10(12)13-9(3)4/h8-9H,6-7H2,1-5H3. The highest BCUT2D eigenvalue weighted by atomic mass is 16.6. The van der Waals surface area contributed by atoms with Crippen molar-refractivity contribution in [1.82, 2.24) is 4.90 Å². The Morgan fingerprint density at radius 1 is 1.31 bits per heavy atom. The Bertz CT molecular complexity index is 155. The topological polar surface area (TPSA) is 29.5 Å². The van der Waals surface area contributed by atoms with E-state index in [9.17, 15) is 4.79 Å². The molecule has 0 rings (SSSR count). The van der Waals surface area contributed by atoms with Gasteiger partial charge < -0.3 is 9.64 Å². The maximum absolute atomic E-state index is 11.3. The number of nitrogens with zero attached hydrogens (tertiary/aromatic N) is 1. The van der Waals surface area contributed by atoms with Gasteiger partial charge in [0.15, 0.2) is 0 Å².